The number of carbonyl (C=O) groups is 1. The van der Waals surface area contributed by atoms with Gasteiger partial charge in [0.1, 0.15) is 10.6 Å². The van der Waals surface area contributed by atoms with E-state index in [1.807, 2.05) is 6.92 Å². The molecule has 1 fully saturated rings. The number of carboxylic acid groups (broad SMARTS) is 1. The fraction of sp³-hybridized carbons (Fsp3) is 0.615. The summed E-state index contributed by atoms with van der Waals surface area (Å²) < 4.78 is 33.7. The minimum Gasteiger partial charge on any atom is -0.477 e. The Labute approximate surface area is 124 Å². The summed E-state index contributed by atoms with van der Waals surface area (Å²) >= 11 is 0. The Bertz CT molecular complexity index is 619. The summed E-state index contributed by atoms with van der Waals surface area (Å²) in [4.78, 5) is 11.2. The third-order valence-corrected chi connectivity index (χ3v) is 4.96. The van der Waals surface area contributed by atoms with Crippen LogP contribution in [-0.4, -0.2) is 43.8 Å². The van der Waals surface area contributed by atoms with Crippen LogP contribution in [0.5, 0.6) is 0 Å². The molecule has 1 aliphatic carbocycles. The zero-order valence-corrected chi connectivity index (χ0v) is 12.9. The number of ether oxygens (including phenoxy) is 1. The number of hydrogen-bond acceptors (Lipinski definition) is 4. The smallest absolute Gasteiger partial charge is 0.352 e. The molecule has 2 N–H and O–H groups in total. The van der Waals surface area contributed by atoms with Crippen LogP contribution in [0.3, 0.4) is 0 Å². The zero-order valence-electron chi connectivity index (χ0n) is 12.1. The number of aromatic nitrogens is 1. The summed E-state index contributed by atoms with van der Waals surface area (Å²) in [6.45, 7) is 2.12. The van der Waals surface area contributed by atoms with Gasteiger partial charge < -0.3 is 14.4 Å². The number of nitrogens with zero attached hydrogens (tertiary/aromatic N) is 1. The van der Waals surface area contributed by atoms with Crippen molar-refractivity contribution in [1.82, 2.24) is 9.29 Å². The monoisotopic (exact) mass is 316 g/mol. The predicted octanol–water partition coefficient (Wildman–Crippen LogP) is 1.22. The first-order valence-corrected chi connectivity index (χ1v) is 8.33. The standard InChI is InChI=1S/C13H20N2O5S/c1-3-9(8-20-2)14-21(18,19)11-6-12(13(16)17)15(7-11)10-4-5-10/h6-7,9-10,14H,3-5,8H2,1-2H3,(H,16,17). The summed E-state index contributed by atoms with van der Waals surface area (Å²) in [5, 5.41) is 9.18. The molecule has 0 bridgehead atoms. The van der Waals surface area contributed by atoms with E-state index in [0.29, 0.717) is 6.42 Å². The van der Waals surface area contributed by atoms with Crippen molar-refractivity contribution in [3.8, 4) is 0 Å². The van der Waals surface area contributed by atoms with Crippen LogP contribution in [0.4, 0.5) is 0 Å². The summed E-state index contributed by atoms with van der Waals surface area (Å²) in [6.07, 6.45) is 3.75. The largest absolute Gasteiger partial charge is 0.477 e. The van der Waals surface area contributed by atoms with E-state index in [-0.39, 0.29) is 29.3 Å². The average molecular weight is 316 g/mol. The number of sulfonamides is 1. The van der Waals surface area contributed by atoms with E-state index in [1.54, 1.807) is 0 Å². The maximum Gasteiger partial charge on any atom is 0.352 e. The highest BCUT2D eigenvalue weighted by Crippen LogP contribution is 2.37. The van der Waals surface area contributed by atoms with Crippen molar-refractivity contribution in [1.29, 1.82) is 0 Å². The van der Waals surface area contributed by atoms with Crippen LogP contribution in [0.2, 0.25) is 0 Å². The predicted molar refractivity (Wildman–Crippen MR) is 75.9 cm³/mol. The zero-order chi connectivity index (χ0) is 15.6. The van der Waals surface area contributed by atoms with Gasteiger partial charge in [-0.05, 0) is 25.3 Å². The number of rotatable bonds is 8. The van der Waals surface area contributed by atoms with E-state index >= 15 is 0 Å². The molecule has 1 aromatic heterocycles. The maximum absolute atomic E-state index is 12.3. The van der Waals surface area contributed by atoms with Crippen molar-refractivity contribution in [2.45, 2.75) is 43.2 Å². The summed E-state index contributed by atoms with van der Waals surface area (Å²) in [7, 11) is -2.25. The van der Waals surface area contributed by atoms with Crippen LogP contribution in [-0.2, 0) is 14.8 Å². The molecule has 1 heterocycles. The molecule has 0 aliphatic heterocycles. The topological polar surface area (TPSA) is 97.6 Å². The minimum absolute atomic E-state index is 0.0117. The van der Waals surface area contributed by atoms with Crippen molar-refractivity contribution in [3.05, 3.63) is 18.0 Å². The molecule has 1 unspecified atom stereocenters. The van der Waals surface area contributed by atoms with Crippen LogP contribution >= 0.6 is 0 Å². The normalized spacial score (nSPS) is 16.9. The molecule has 0 spiro atoms. The fourth-order valence-corrected chi connectivity index (χ4v) is 3.48. The van der Waals surface area contributed by atoms with E-state index in [4.69, 9.17) is 4.74 Å². The maximum atomic E-state index is 12.3. The number of methoxy groups -OCH3 is 1. The molecule has 7 nitrogen and oxygen atoms in total. The SMILES string of the molecule is CCC(COC)NS(=O)(=O)c1cc(C(=O)O)n(C2CC2)c1. The molecule has 0 saturated heterocycles. The highest BCUT2D eigenvalue weighted by atomic mass is 32.2. The van der Waals surface area contributed by atoms with Gasteiger partial charge in [0.15, 0.2) is 0 Å². The van der Waals surface area contributed by atoms with Crippen molar-refractivity contribution < 1.29 is 23.1 Å². The van der Waals surface area contributed by atoms with Crippen molar-refractivity contribution in [2.24, 2.45) is 0 Å². The van der Waals surface area contributed by atoms with Crippen LogP contribution in [0.25, 0.3) is 0 Å². The van der Waals surface area contributed by atoms with E-state index in [2.05, 4.69) is 4.72 Å². The van der Waals surface area contributed by atoms with E-state index in [9.17, 15) is 18.3 Å². The van der Waals surface area contributed by atoms with Gasteiger partial charge in [0, 0.05) is 25.4 Å². The van der Waals surface area contributed by atoms with Gasteiger partial charge in [0.2, 0.25) is 10.0 Å². The lowest BCUT2D eigenvalue weighted by atomic mass is 10.3. The molecule has 21 heavy (non-hydrogen) atoms. The van der Waals surface area contributed by atoms with Gasteiger partial charge in [-0.2, -0.15) is 0 Å². The number of carboxylic acids is 1. The van der Waals surface area contributed by atoms with Crippen LogP contribution in [0.15, 0.2) is 17.2 Å². The molecule has 1 aliphatic rings. The minimum atomic E-state index is -3.75. The second-order valence-electron chi connectivity index (χ2n) is 5.19. The first-order chi connectivity index (χ1) is 9.89. The lowest BCUT2D eigenvalue weighted by Gasteiger charge is -2.15. The van der Waals surface area contributed by atoms with Gasteiger partial charge in [0.25, 0.3) is 0 Å². The van der Waals surface area contributed by atoms with Gasteiger partial charge in [-0.1, -0.05) is 6.92 Å². The Balaban J connectivity index is 2.27. The molecular formula is C13H20N2O5S. The fourth-order valence-electron chi connectivity index (χ4n) is 2.15. The Morgan fingerprint density at radius 3 is 2.71 bits per heavy atom. The number of hydrogen-bond donors (Lipinski definition) is 2. The van der Waals surface area contributed by atoms with Gasteiger partial charge in [-0.15, -0.1) is 0 Å². The van der Waals surface area contributed by atoms with Gasteiger partial charge in [-0.25, -0.2) is 17.9 Å². The van der Waals surface area contributed by atoms with E-state index in [0.717, 1.165) is 12.8 Å². The van der Waals surface area contributed by atoms with Crippen LogP contribution in [0, 0.1) is 0 Å². The molecule has 1 atom stereocenters. The molecule has 2 rings (SSSR count). The highest BCUT2D eigenvalue weighted by molar-refractivity contribution is 7.89. The van der Waals surface area contributed by atoms with E-state index < -0.39 is 16.0 Å². The first-order valence-electron chi connectivity index (χ1n) is 6.85. The van der Waals surface area contributed by atoms with Gasteiger partial charge >= 0.3 is 5.97 Å². The van der Waals surface area contributed by atoms with Crippen LogP contribution in [0.1, 0.15) is 42.7 Å². The van der Waals surface area contributed by atoms with Crippen molar-refractivity contribution >= 4 is 16.0 Å². The molecule has 1 aromatic rings. The molecule has 8 heteroatoms. The average Bonchev–Trinajstić information content (AvgIpc) is 3.15. The van der Waals surface area contributed by atoms with Crippen molar-refractivity contribution in [3.63, 3.8) is 0 Å². The summed E-state index contributed by atoms with van der Waals surface area (Å²) in [5.74, 6) is -1.12. The lowest BCUT2D eigenvalue weighted by molar-refractivity contribution is 0.0685. The molecule has 0 amide bonds. The quantitative estimate of drug-likeness (QED) is 0.751. The Hall–Kier alpha value is -1.38. The van der Waals surface area contributed by atoms with Gasteiger partial charge in [0.05, 0.1) is 6.61 Å². The summed E-state index contributed by atoms with van der Waals surface area (Å²) in [6, 6.07) is 0.973. The molecule has 0 aromatic carbocycles. The van der Waals surface area contributed by atoms with E-state index in [1.165, 1.54) is 23.9 Å². The van der Waals surface area contributed by atoms with Gasteiger partial charge in [-0.3, -0.25) is 0 Å². The molecule has 118 valence electrons. The highest BCUT2D eigenvalue weighted by Gasteiger charge is 2.31. The number of nitrogens with one attached hydrogen (secondary N) is 1. The Kier molecular flexibility index (Phi) is 4.70. The first kappa shape index (κ1) is 16.0. The third kappa shape index (κ3) is 3.63. The Morgan fingerprint density at radius 2 is 2.24 bits per heavy atom. The van der Waals surface area contributed by atoms with Crippen LogP contribution < -0.4 is 4.72 Å². The summed E-state index contributed by atoms with van der Waals surface area (Å²) in [5.41, 5.74) is 0.0117. The molecular weight excluding hydrogens is 296 g/mol. The molecule has 1 saturated carbocycles. The van der Waals surface area contributed by atoms with Crippen molar-refractivity contribution in [2.75, 3.05) is 13.7 Å². The Morgan fingerprint density at radius 1 is 1.57 bits per heavy atom. The lowest BCUT2D eigenvalue weighted by Crippen LogP contribution is -2.37. The second kappa shape index (κ2) is 6.17. The molecule has 0 radical (unpaired) electrons. The third-order valence-electron chi connectivity index (χ3n) is 3.48. The number of aromatic carboxylic acids is 1. The second-order valence-corrected chi connectivity index (χ2v) is 6.90.